The van der Waals surface area contributed by atoms with E-state index in [0.29, 0.717) is 18.5 Å². The lowest BCUT2D eigenvalue weighted by Gasteiger charge is -2.30. The molecule has 1 amide bonds. The van der Waals surface area contributed by atoms with Crippen LogP contribution >= 0.6 is 0 Å². The summed E-state index contributed by atoms with van der Waals surface area (Å²) in [7, 11) is 0. The number of nitrogens with zero attached hydrogens (tertiary/aromatic N) is 1. The second-order valence-electron chi connectivity index (χ2n) is 6.29. The number of hydrogen-bond acceptors (Lipinski definition) is 2. The Bertz CT molecular complexity index is 406. The van der Waals surface area contributed by atoms with Gasteiger partial charge in [0, 0.05) is 31.6 Å². The van der Waals surface area contributed by atoms with Crippen LogP contribution in [0.4, 0.5) is 0 Å². The third kappa shape index (κ3) is 6.30. The minimum Gasteiger partial charge on any atom is -0.355 e. The highest BCUT2D eigenvalue weighted by Crippen LogP contribution is 2.17. The monoisotopic (exact) mass is 290 g/mol. The van der Waals surface area contributed by atoms with E-state index in [9.17, 15) is 4.79 Å². The molecule has 3 heteroatoms. The lowest BCUT2D eigenvalue weighted by Crippen LogP contribution is -2.42. The summed E-state index contributed by atoms with van der Waals surface area (Å²) in [5.74, 6) is 0.399. The summed E-state index contributed by atoms with van der Waals surface area (Å²) in [5, 5.41) is 3.04. The molecule has 1 aromatic rings. The Labute approximate surface area is 129 Å². The minimum absolute atomic E-state index is 0.138. The maximum atomic E-state index is 12.0. The van der Waals surface area contributed by atoms with Gasteiger partial charge in [-0.15, -0.1) is 0 Å². The summed E-state index contributed by atoms with van der Waals surface area (Å²) in [6.07, 6.45) is 0.549. The van der Waals surface area contributed by atoms with E-state index in [2.05, 4.69) is 57.0 Å². The van der Waals surface area contributed by atoms with Gasteiger partial charge in [0.05, 0.1) is 0 Å². The zero-order chi connectivity index (χ0) is 15.8. The molecule has 0 aromatic heterocycles. The largest absolute Gasteiger partial charge is 0.355 e. The SMILES string of the molecule is CC(CC(=O)NCCN(C(C)C)C(C)C)c1ccccc1. The van der Waals surface area contributed by atoms with E-state index in [4.69, 9.17) is 0 Å². The second kappa shape index (κ2) is 8.83. The summed E-state index contributed by atoms with van der Waals surface area (Å²) in [4.78, 5) is 14.4. The van der Waals surface area contributed by atoms with Crippen LogP contribution in [0.15, 0.2) is 30.3 Å². The average molecular weight is 290 g/mol. The van der Waals surface area contributed by atoms with Crippen LogP contribution in [0, 0.1) is 0 Å². The molecule has 0 fully saturated rings. The Hall–Kier alpha value is -1.35. The molecule has 0 aliphatic heterocycles. The van der Waals surface area contributed by atoms with Crippen LogP contribution in [0.5, 0.6) is 0 Å². The first kappa shape index (κ1) is 17.7. The maximum absolute atomic E-state index is 12.0. The maximum Gasteiger partial charge on any atom is 0.220 e. The molecule has 1 unspecified atom stereocenters. The zero-order valence-electron chi connectivity index (χ0n) is 14.1. The van der Waals surface area contributed by atoms with Crippen LogP contribution in [-0.2, 0) is 4.79 Å². The first-order valence-corrected chi connectivity index (χ1v) is 7.99. The molecule has 1 aromatic carbocycles. The molecular weight excluding hydrogens is 260 g/mol. The summed E-state index contributed by atoms with van der Waals surface area (Å²) in [5.41, 5.74) is 1.22. The summed E-state index contributed by atoms with van der Waals surface area (Å²) in [6, 6.07) is 11.2. The molecule has 1 N–H and O–H groups in total. The molecule has 0 spiro atoms. The van der Waals surface area contributed by atoms with Crippen molar-refractivity contribution in [2.75, 3.05) is 13.1 Å². The molecule has 0 aliphatic rings. The number of nitrogens with one attached hydrogen (secondary N) is 1. The Kier molecular flexibility index (Phi) is 7.44. The summed E-state index contributed by atoms with van der Waals surface area (Å²) < 4.78 is 0. The number of benzene rings is 1. The van der Waals surface area contributed by atoms with Crippen molar-refractivity contribution in [1.82, 2.24) is 10.2 Å². The molecule has 1 atom stereocenters. The van der Waals surface area contributed by atoms with Crippen molar-refractivity contribution in [1.29, 1.82) is 0 Å². The first-order valence-electron chi connectivity index (χ1n) is 7.99. The van der Waals surface area contributed by atoms with Crippen molar-refractivity contribution in [2.45, 2.75) is 59.0 Å². The van der Waals surface area contributed by atoms with Crippen molar-refractivity contribution in [3.05, 3.63) is 35.9 Å². The van der Waals surface area contributed by atoms with E-state index in [0.717, 1.165) is 13.1 Å². The Morgan fingerprint density at radius 1 is 1.05 bits per heavy atom. The summed E-state index contributed by atoms with van der Waals surface area (Å²) >= 11 is 0. The van der Waals surface area contributed by atoms with Crippen LogP contribution in [0.25, 0.3) is 0 Å². The Morgan fingerprint density at radius 3 is 2.14 bits per heavy atom. The van der Waals surface area contributed by atoms with Crippen LogP contribution in [-0.4, -0.2) is 36.0 Å². The third-order valence-electron chi connectivity index (χ3n) is 3.88. The van der Waals surface area contributed by atoms with E-state index in [1.807, 2.05) is 18.2 Å². The third-order valence-corrected chi connectivity index (χ3v) is 3.88. The quantitative estimate of drug-likeness (QED) is 0.795. The van der Waals surface area contributed by atoms with Crippen LogP contribution in [0.1, 0.15) is 52.5 Å². The lowest BCUT2D eigenvalue weighted by atomic mass is 9.98. The second-order valence-corrected chi connectivity index (χ2v) is 6.29. The molecule has 0 radical (unpaired) electrons. The first-order chi connectivity index (χ1) is 9.91. The van der Waals surface area contributed by atoms with Gasteiger partial charge >= 0.3 is 0 Å². The fraction of sp³-hybridized carbons (Fsp3) is 0.611. The van der Waals surface area contributed by atoms with E-state index in [1.54, 1.807) is 0 Å². The highest BCUT2D eigenvalue weighted by molar-refractivity contribution is 5.76. The molecule has 0 saturated carbocycles. The van der Waals surface area contributed by atoms with Gasteiger partial charge in [0.25, 0.3) is 0 Å². The van der Waals surface area contributed by atoms with E-state index >= 15 is 0 Å². The van der Waals surface area contributed by atoms with Gasteiger partial charge in [0.2, 0.25) is 5.91 Å². The minimum atomic E-state index is 0.138. The highest BCUT2D eigenvalue weighted by atomic mass is 16.1. The molecule has 1 rings (SSSR count). The smallest absolute Gasteiger partial charge is 0.220 e. The van der Waals surface area contributed by atoms with E-state index < -0.39 is 0 Å². The lowest BCUT2D eigenvalue weighted by molar-refractivity contribution is -0.121. The predicted molar refractivity (Wildman–Crippen MR) is 89.5 cm³/mol. The highest BCUT2D eigenvalue weighted by Gasteiger charge is 2.14. The zero-order valence-corrected chi connectivity index (χ0v) is 14.1. The number of amides is 1. The number of rotatable bonds is 8. The Balaban J connectivity index is 2.34. The van der Waals surface area contributed by atoms with Crippen molar-refractivity contribution in [2.24, 2.45) is 0 Å². The molecule has 0 bridgehead atoms. The molecule has 0 aliphatic carbocycles. The van der Waals surface area contributed by atoms with Gasteiger partial charge in [0.15, 0.2) is 0 Å². The van der Waals surface area contributed by atoms with Gasteiger partial charge in [-0.3, -0.25) is 9.69 Å². The van der Waals surface area contributed by atoms with Gasteiger partial charge in [-0.2, -0.15) is 0 Å². The fourth-order valence-electron chi connectivity index (χ4n) is 2.69. The summed E-state index contributed by atoms with van der Waals surface area (Å²) in [6.45, 7) is 12.5. The van der Waals surface area contributed by atoms with Crippen LogP contribution in [0.3, 0.4) is 0 Å². The van der Waals surface area contributed by atoms with Gasteiger partial charge < -0.3 is 5.32 Å². The molecule has 3 nitrogen and oxygen atoms in total. The van der Waals surface area contributed by atoms with Gasteiger partial charge in [-0.25, -0.2) is 0 Å². The Morgan fingerprint density at radius 2 is 1.62 bits per heavy atom. The van der Waals surface area contributed by atoms with E-state index in [1.165, 1.54) is 5.56 Å². The number of hydrogen-bond donors (Lipinski definition) is 1. The number of carbonyl (C=O) groups excluding carboxylic acids is 1. The predicted octanol–water partition coefficient (Wildman–Crippen LogP) is 3.42. The molecule has 118 valence electrons. The molecular formula is C18H30N2O. The van der Waals surface area contributed by atoms with Crippen LogP contribution in [0.2, 0.25) is 0 Å². The van der Waals surface area contributed by atoms with Crippen molar-refractivity contribution in [3.8, 4) is 0 Å². The normalized spacial score (nSPS) is 13.0. The van der Waals surface area contributed by atoms with Crippen molar-refractivity contribution in [3.63, 3.8) is 0 Å². The van der Waals surface area contributed by atoms with Crippen LogP contribution < -0.4 is 5.32 Å². The topological polar surface area (TPSA) is 32.3 Å². The molecule has 21 heavy (non-hydrogen) atoms. The standard InChI is InChI=1S/C18H30N2O/c1-14(2)20(15(3)4)12-11-19-18(21)13-16(5)17-9-7-6-8-10-17/h6-10,14-16H,11-13H2,1-5H3,(H,19,21). The number of carbonyl (C=O) groups is 1. The average Bonchev–Trinajstić information content (AvgIpc) is 2.43. The van der Waals surface area contributed by atoms with Gasteiger partial charge in [0.1, 0.15) is 0 Å². The van der Waals surface area contributed by atoms with Gasteiger partial charge in [-0.05, 0) is 39.2 Å². The van der Waals surface area contributed by atoms with Crippen molar-refractivity contribution >= 4 is 5.91 Å². The van der Waals surface area contributed by atoms with E-state index in [-0.39, 0.29) is 11.8 Å². The van der Waals surface area contributed by atoms with Gasteiger partial charge in [-0.1, -0.05) is 37.3 Å². The fourth-order valence-corrected chi connectivity index (χ4v) is 2.69. The van der Waals surface area contributed by atoms with Crippen molar-refractivity contribution < 1.29 is 4.79 Å². The molecule has 0 saturated heterocycles. The molecule has 0 heterocycles.